The smallest absolute Gasteiger partial charge is 0.272 e. The van der Waals surface area contributed by atoms with Crippen LogP contribution < -0.4 is 10.1 Å². The van der Waals surface area contributed by atoms with Crippen LogP contribution in [0.25, 0.3) is 17.2 Å². The fraction of sp³-hybridized carbons (Fsp3) is 0.174. The highest BCUT2D eigenvalue weighted by Crippen LogP contribution is 2.40. The van der Waals surface area contributed by atoms with Crippen molar-refractivity contribution in [1.82, 2.24) is 25.0 Å². The quantitative estimate of drug-likeness (QED) is 0.505. The van der Waals surface area contributed by atoms with Crippen LogP contribution in [0.3, 0.4) is 0 Å². The van der Waals surface area contributed by atoms with E-state index in [0.717, 1.165) is 22.4 Å². The Morgan fingerprint density at radius 2 is 2.03 bits per heavy atom. The molecule has 3 heterocycles. The molecule has 9 heteroatoms. The van der Waals surface area contributed by atoms with Gasteiger partial charge in [-0.25, -0.2) is 4.98 Å². The van der Waals surface area contributed by atoms with E-state index in [1.54, 1.807) is 13.3 Å². The minimum Gasteiger partial charge on any atom is -0.497 e. The number of fused-ring (bicyclic) bond motifs is 1. The molecule has 0 unspecified atom stereocenters. The van der Waals surface area contributed by atoms with Crippen molar-refractivity contribution in [1.29, 1.82) is 0 Å². The number of rotatable bonds is 4. The number of nitrogens with one attached hydrogen (secondary N) is 1. The van der Waals surface area contributed by atoms with E-state index >= 15 is 0 Å². The third-order valence-corrected chi connectivity index (χ3v) is 5.69. The molecule has 0 spiro atoms. The van der Waals surface area contributed by atoms with Gasteiger partial charge < -0.3 is 10.1 Å². The second-order valence-corrected chi connectivity index (χ2v) is 7.93. The number of ether oxygens (including phenoxy) is 1. The molecular weight excluding hydrogens is 428 g/mol. The third-order valence-electron chi connectivity index (χ3n) is 5.46. The molecule has 1 amide bonds. The number of carbonyl (C=O) groups is 1. The van der Waals surface area contributed by atoms with Crippen LogP contribution in [0.4, 0.5) is 5.82 Å². The largest absolute Gasteiger partial charge is 0.497 e. The minimum absolute atomic E-state index is 0.111. The van der Waals surface area contributed by atoms with Crippen LogP contribution in [0.1, 0.15) is 29.2 Å². The standard InChI is InChI=1S/C23H19ClN6O2/c1-13-21-18(14-5-3-7-16(24)9-14)11-20(31)27-22(21)30(29-13)23-26-19(12-25-28-23)15-6-4-8-17(10-15)32-2/h3-10,12,18H,11H2,1-2H3,(H,27,31)/t18-/m1/s1. The van der Waals surface area contributed by atoms with Gasteiger partial charge in [-0.05, 0) is 36.8 Å². The number of aromatic nitrogens is 5. The molecule has 32 heavy (non-hydrogen) atoms. The van der Waals surface area contributed by atoms with E-state index in [1.807, 2.05) is 55.5 Å². The van der Waals surface area contributed by atoms with Gasteiger partial charge in [-0.3, -0.25) is 4.79 Å². The van der Waals surface area contributed by atoms with Gasteiger partial charge in [0.05, 0.1) is 24.7 Å². The molecule has 8 nitrogen and oxygen atoms in total. The van der Waals surface area contributed by atoms with Crippen LogP contribution >= 0.6 is 11.6 Å². The van der Waals surface area contributed by atoms with E-state index in [1.165, 1.54) is 4.68 Å². The van der Waals surface area contributed by atoms with Gasteiger partial charge in [0.15, 0.2) is 0 Å². The molecule has 0 bridgehead atoms. The summed E-state index contributed by atoms with van der Waals surface area (Å²) in [5.74, 6) is 1.25. The topological polar surface area (TPSA) is 94.8 Å². The van der Waals surface area contributed by atoms with Gasteiger partial charge in [-0.1, -0.05) is 35.9 Å². The number of amides is 1. The molecular formula is C23H19ClN6O2. The highest BCUT2D eigenvalue weighted by atomic mass is 35.5. The van der Waals surface area contributed by atoms with E-state index in [0.29, 0.717) is 28.7 Å². The summed E-state index contributed by atoms with van der Waals surface area (Å²) in [5, 5.41) is 16.5. The van der Waals surface area contributed by atoms with E-state index in [9.17, 15) is 4.79 Å². The first kappa shape index (κ1) is 20.1. The summed E-state index contributed by atoms with van der Waals surface area (Å²) >= 11 is 6.21. The summed E-state index contributed by atoms with van der Waals surface area (Å²) in [6.45, 7) is 1.91. The van der Waals surface area contributed by atoms with E-state index in [2.05, 4.69) is 25.6 Å². The van der Waals surface area contributed by atoms with E-state index in [-0.39, 0.29) is 17.8 Å². The molecule has 1 aliphatic heterocycles. The summed E-state index contributed by atoms with van der Waals surface area (Å²) in [4.78, 5) is 17.2. The van der Waals surface area contributed by atoms with Crippen LogP contribution in [-0.2, 0) is 4.79 Å². The Labute approximate surface area is 189 Å². The van der Waals surface area contributed by atoms with Crippen molar-refractivity contribution in [2.24, 2.45) is 0 Å². The van der Waals surface area contributed by atoms with E-state index < -0.39 is 0 Å². The van der Waals surface area contributed by atoms with Gasteiger partial charge in [0, 0.05) is 28.5 Å². The lowest BCUT2D eigenvalue weighted by molar-refractivity contribution is -0.116. The first-order chi connectivity index (χ1) is 15.5. The number of nitrogens with zero attached hydrogens (tertiary/aromatic N) is 5. The maximum atomic E-state index is 12.6. The molecule has 0 aliphatic carbocycles. The lowest BCUT2D eigenvalue weighted by Crippen LogP contribution is -2.25. The molecule has 160 valence electrons. The molecule has 2 aromatic carbocycles. The number of hydrogen-bond donors (Lipinski definition) is 1. The number of benzene rings is 2. The molecule has 0 radical (unpaired) electrons. The number of methoxy groups -OCH3 is 1. The van der Waals surface area contributed by atoms with Crippen LogP contribution in [-0.4, -0.2) is 38.0 Å². The Bertz CT molecular complexity index is 1340. The molecule has 1 N–H and O–H groups in total. The molecule has 1 aliphatic rings. The Morgan fingerprint density at radius 3 is 2.84 bits per heavy atom. The van der Waals surface area contributed by atoms with Gasteiger partial charge in [-0.15, -0.1) is 5.10 Å². The summed E-state index contributed by atoms with van der Waals surface area (Å²) in [6.07, 6.45) is 1.89. The third kappa shape index (κ3) is 3.58. The van der Waals surface area contributed by atoms with Crippen LogP contribution in [0, 0.1) is 6.92 Å². The molecule has 2 aromatic heterocycles. The maximum Gasteiger partial charge on any atom is 0.272 e. The van der Waals surface area contributed by atoms with Crippen molar-refractivity contribution in [3.8, 4) is 23.0 Å². The fourth-order valence-electron chi connectivity index (χ4n) is 4.01. The first-order valence-electron chi connectivity index (χ1n) is 10.0. The van der Waals surface area contributed by atoms with Crippen LogP contribution in [0.5, 0.6) is 5.75 Å². The zero-order chi connectivity index (χ0) is 22.2. The van der Waals surface area contributed by atoms with Gasteiger partial charge in [-0.2, -0.15) is 14.9 Å². The zero-order valence-electron chi connectivity index (χ0n) is 17.4. The van der Waals surface area contributed by atoms with Gasteiger partial charge in [0.25, 0.3) is 5.95 Å². The Morgan fingerprint density at radius 1 is 1.19 bits per heavy atom. The average Bonchev–Trinajstić information content (AvgIpc) is 3.14. The molecule has 4 aromatic rings. The van der Waals surface area contributed by atoms with Crippen LogP contribution in [0.15, 0.2) is 54.7 Å². The fourth-order valence-corrected chi connectivity index (χ4v) is 4.20. The summed E-state index contributed by atoms with van der Waals surface area (Å²) < 4.78 is 6.84. The lowest BCUT2D eigenvalue weighted by atomic mass is 9.86. The highest BCUT2D eigenvalue weighted by Gasteiger charge is 2.33. The Hall–Kier alpha value is -3.78. The van der Waals surface area contributed by atoms with Gasteiger partial charge in [0.2, 0.25) is 5.91 Å². The number of anilines is 1. The summed E-state index contributed by atoms with van der Waals surface area (Å²) in [5.41, 5.74) is 4.10. The number of halogens is 1. The number of carbonyl (C=O) groups excluding carboxylic acids is 1. The second-order valence-electron chi connectivity index (χ2n) is 7.49. The number of aryl methyl sites for hydroxylation is 1. The maximum absolute atomic E-state index is 12.6. The first-order valence-corrected chi connectivity index (χ1v) is 10.4. The molecule has 0 fully saturated rings. The molecule has 1 atom stereocenters. The monoisotopic (exact) mass is 446 g/mol. The van der Waals surface area contributed by atoms with Crippen LogP contribution in [0.2, 0.25) is 5.02 Å². The Balaban J connectivity index is 1.61. The molecule has 0 saturated heterocycles. The van der Waals surface area contributed by atoms with Crippen molar-refractivity contribution < 1.29 is 9.53 Å². The Kier molecular flexibility index (Phi) is 5.07. The van der Waals surface area contributed by atoms with Crippen molar-refractivity contribution in [3.63, 3.8) is 0 Å². The average molecular weight is 447 g/mol. The summed E-state index contributed by atoms with van der Waals surface area (Å²) in [6, 6.07) is 15.1. The zero-order valence-corrected chi connectivity index (χ0v) is 18.2. The normalized spacial score (nSPS) is 15.2. The summed E-state index contributed by atoms with van der Waals surface area (Å²) in [7, 11) is 1.61. The van der Waals surface area contributed by atoms with Gasteiger partial charge in [0.1, 0.15) is 11.6 Å². The second kappa shape index (κ2) is 8.05. The van der Waals surface area contributed by atoms with Crippen molar-refractivity contribution in [3.05, 3.63) is 76.6 Å². The van der Waals surface area contributed by atoms with Crippen molar-refractivity contribution in [2.75, 3.05) is 12.4 Å². The molecule has 5 rings (SSSR count). The SMILES string of the molecule is COc1cccc(-c2cnnc(-n3nc(C)c4c3NC(=O)C[C@@H]4c3cccc(Cl)c3)n2)c1. The minimum atomic E-state index is -0.166. The predicted molar refractivity (Wildman–Crippen MR) is 120 cm³/mol. The van der Waals surface area contributed by atoms with Gasteiger partial charge >= 0.3 is 0 Å². The predicted octanol–water partition coefficient (Wildman–Crippen LogP) is 4.17. The van der Waals surface area contributed by atoms with Crippen molar-refractivity contribution >= 4 is 23.3 Å². The van der Waals surface area contributed by atoms with E-state index in [4.69, 9.17) is 16.3 Å². The molecule has 0 saturated carbocycles. The number of hydrogen-bond acceptors (Lipinski definition) is 6. The highest BCUT2D eigenvalue weighted by molar-refractivity contribution is 6.30. The lowest BCUT2D eigenvalue weighted by Gasteiger charge is -2.24. The van der Waals surface area contributed by atoms with Crippen molar-refractivity contribution in [2.45, 2.75) is 19.3 Å².